The fraction of sp³-hybridized carbons (Fsp3) is 0.478. The molecule has 0 saturated carbocycles. The Morgan fingerprint density at radius 3 is 2.04 bits per heavy atom. The Balaban J connectivity index is 0.00000225. The number of ether oxygens (including phenoxy) is 1. The normalized spacial score (nSPS) is 19.2. The molecule has 2 heterocycles. The third kappa shape index (κ3) is 4.99. The summed E-state index contributed by atoms with van der Waals surface area (Å²) in [5.74, 6) is 0.936. The number of rotatable bonds is 5. The van der Waals surface area contributed by atoms with E-state index in [0.29, 0.717) is 0 Å². The molecule has 0 bridgehead atoms. The zero-order valence-corrected chi connectivity index (χ0v) is 17.7. The number of halogens is 1. The van der Waals surface area contributed by atoms with Crippen molar-refractivity contribution in [3.8, 4) is 5.75 Å². The van der Waals surface area contributed by atoms with Crippen molar-refractivity contribution in [3.63, 3.8) is 0 Å². The highest BCUT2D eigenvalue weighted by Gasteiger charge is 2.36. The summed E-state index contributed by atoms with van der Waals surface area (Å²) in [6, 6.07) is 19.4. The van der Waals surface area contributed by atoms with Gasteiger partial charge in [0, 0.05) is 25.3 Å². The second-order valence-corrected chi connectivity index (χ2v) is 8.00. The zero-order chi connectivity index (χ0) is 18.5. The average molecular weight is 402 g/mol. The molecule has 0 unspecified atom stereocenters. The van der Waals surface area contributed by atoms with Gasteiger partial charge in [0.25, 0.3) is 0 Å². The van der Waals surface area contributed by atoms with Gasteiger partial charge >= 0.3 is 0 Å². The standard InChI is InChI=1S/C23H32N3O.ClH/c1-27-23-9-7-22(8-10-23)25-15-19-26(20-16-25)17-13-24(14-18-26)12-11-21-5-3-2-4-6-21;/h2-10H,11-20H2,1H3;1H/q+1;/p-1. The first-order valence-electron chi connectivity index (χ1n) is 10.3. The third-order valence-electron chi connectivity index (χ3n) is 6.47. The predicted octanol–water partition coefficient (Wildman–Crippen LogP) is -0.106. The van der Waals surface area contributed by atoms with Crippen molar-refractivity contribution in [2.24, 2.45) is 0 Å². The molecule has 28 heavy (non-hydrogen) atoms. The molecule has 0 N–H and O–H groups in total. The van der Waals surface area contributed by atoms with Gasteiger partial charge in [0.15, 0.2) is 0 Å². The number of hydrogen-bond acceptors (Lipinski definition) is 3. The highest BCUT2D eigenvalue weighted by Crippen LogP contribution is 2.24. The molecule has 2 fully saturated rings. The Labute approximate surface area is 175 Å². The molecular weight excluding hydrogens is 370 g/mol. The van der Waals surface area contributed by atoms with Gasteiger partial charge in [0.1, 0.15) is 5.75 Å². The number of hydrogen-bond donors (Lipinski definition) is 0. The first-order valence-corrected chi connectivity index (χ1v) is 10.3. The van der Waals surface area contributed by atoms with Crippen molar-refractivity contribution in [3.05, 3.63) is 60.2 Å². The smallest absolute Gasteiger partial charge is 0.119 e. The first-order chi connectivity index (χ1) is 13.3. The van der Waals surface area contributed by atoms with Crippen LogP contribution in [-0.4, -0.2) is 75.4 Å². The van der Waals surface area contributed by atoms with Crippen LogP contribution in [0.4, 0.5) is 5.69 Å². The van der Waals surface area contributed by atoms with Crippen molar-refractivity contribution in [2.45, 2.75) is 6.42 Å². The molecule has 4 rings (SSSR count). The van der Waals surface area contributed by atoms with Crippen molar-refractivity contribution in [2.75, 3.05) is 70.9 Å². The lowest BCUT2D eigenvalue weighted by Gasteiger charge is -2.49. The minimum Gasteiger partial charge on any atom is -1.00 e. The van der Waals surface area contributed by atoms with E-state index >= 15 is 0 Å². The molecular formula is C23H32ClN3O. The van der Waals surface area contributed by atoms with E-state index in [2.05, 4.69) is 64.4 Å². The van der Waals surface area contributed by atoms with Gasteiger partial charge in [0.2, 0.25) is 0 Å². The van der Waals surface area contributed by atoms with Crippen LogP contribution < -0.4 is 22.0 Å². The fourth-order valence-corrected chi connectivity index (χ4v) is 4.47. The molecule has 2 aliphatic rings. The van der Waals surface area contributed by atoms with Crippen LogP contribution in [0.5, 0.6) is 5.75 Å². The summed E-state index contributed by atoms with van der Waals surface area (Å²) in [5, 5.41) is 0. The molecule has 2 saturated heterocycles. The van der Waals surface area contributed by atoms with Gasteiger partial charge in [-0.3, -0.25) is 4.90 Å². The van der Waals surface area contributed by atoms with Crippen molar-refractivity contribution < 1.29 is 21.6 Å². The molecule has 5 heteroatoms. The fourth-order valence-electron chi connectivity index (χ4n) is 4.47. The van der Waals surface area contributed by atoms with Crippen LogP contribution in [0.2, 0.25) is 0 Å². The molecule has 2 aromatic carbocycles. The molecule has 2 aromatic rings. The molecule has 0 aromatic heterocycles. The first kappa shape index (κ1) is 21.0. The predicted molar refractivity (Wildman–Crippen MR) is 112 cm³/mol. The SMILES string of the molecule is COc1ccc(N2CC[N+]3(CCN(CCc4ccccc4)CC3)CC2)cc1.[Cl-]. The summed E-state index contributed by atoms with van der Waals surface area (Å²) in [6.45, 7) is 11.2. The van der Waals surface area contributed by atoms with E-state index in [0.717, 1.165) is 18.8 Å². The van der Waals surface area contributed by atoms with Gasteiger partial charge in [-0.2, -0.15) is 0 Å². The Kier molecular flexibility index (Phi) is 7.22. The molecule has 0 atom stereocenters. The van der Waals surface area contributed by atoms with E-state index in [4.69, 9.17) is 4.74 Å². The number of anilines is 1. The number of piperazine rings is 2. The molecule has 0 radical (unpaired) electrons. The maximum atomic E-state index is 5.28. The molecule has 1 spiro atoms. The van der Waals surface area contributed by atoms with E-state index in [1.54, 1.807) is 7.11 Å². The van der Waals surface area contributed by atoms with Crippen LogP contribution in [0.3, 0.4) is 0 Å². The van der Waals surface area contributed by atoms with Crippen LogP contribution in [0.15, 0.2) is 54.6 Å². The molecule has 152 valence electrons. The monoisotopic (exact) mass is 401 g/mol. The number of quaternary nitrogens is 1. The number of methoxy groups -OCH3 is 1. The third-order valence-corrected chi connectivity index (χ3v) is 6.47. The minimum atomic E-state index is 0. The lowest BCUT2D eigenvalue weighted by Crippen LogP contribution is -3.00. The summed E-state index contributed by atoms with van der Waals surface area (Å²) >= 11 is 0. The molecule has 0 aliphatic carbocycles. The van der Waals surface area contributed by atoms with Crippen molar-refractivity contribution in [1.29, 1.82) is 0 Å². The largest absolute Gasteiger partial charge is 1.00 e. The van der Waals surface area contributed by atoms with Gasteiger partial charge in [-0.25, -0.2) is 0 Å². The Bertz CT molecular complexity index is 704. The maximum absolute atomic E-state index is 5.28. The van der Waals surface area contributed by atoms with E-state index < -0.39 is 0 Å². The van der Waals surface area contributed by atoms with E-state index in [1.807, 2.05) is 0 Å². The van der Waals surface area contributed by atoms with Crippen LogP contribution in [-0.2, 0) is 6.42 Å². The Morgan fingerprint density at radius 1 is 0.821 bits per heavy atom. The lowest BCUT2D eigenvalue weighted by molar-refractivity contribution is -0.932. The van der Waals surface area contributed by atoms with Crippen LogP contribution >= 0.6 is 0 Å². The summed E-state index contributed by atoms with van der Waals surface area (Å²) in [7, 11) is 1.73. The zero-order valence-electron chi connectivity index (χ0n) is 16.9. The van der Waals surface area contributed by atoms with Crippen LogP contribution in [0.1, 0.15) is 5.56 Å². The van der Waals surface area contributed by atoms with E-state index in [9.17, 15) is 0 Å². The van der Waals surface area contributed by atoms with Gasteiger partial charge < -0.3 is 26.5 Å². The topological polar surface area (TPSA) is 15.7 Å². The van der Waals surface area contributed by atoms with Gasteiger partial charge in [-0.1, -0.05) is 30.3 Å². The van der Waals surface area contributed by atoms with Gasteiger partial charge in [-0.05, 0) is 36.2 Å². The van der Waals surface area contributed by atoms with Crippen LogP contribution in [0, 0.1) is 0 Å². The Hall–Kier alpha value is -1.75. The summed E-state index contributed by atoms with van der Waals surface area (Å²) in [4.78, 5) is 5.19. The average Bonchev–Trinajstić information content (AvgIpc) is 2.75. The van der Waals surface area contributed by atoms with Crippen molar-refractivity contribution in [1.82, 2.24) is 4.90 Å². The maximum Gasteiger partial charge on any atom is 0.119 e. The molecule has 0 amide bonds. The lowest BCUT2D eigenvalue weighted by atomic mass is 10.1. The number of benzene rings is 2. The summed E-state index contributed by atoms with van der Waals surface area (Å²) < 4.78 is 6.59. The highest BCUT2D eigenvalue weighted by atomic mass is 35.5. The molecule has 2 aliphatic heterocycles. The van der Waals surface area contributed by atoms with E-state index in [1.165, 1.54) is 68.0 Å². The summed E-state index contributed by atoms with van der Waals surface area (Å²) in [6.07, 6.45) is 1.17. The summed E-state index contributed by atoms with van der Waals surface area (Å²) in [5.41, 5.74) is 2.79. The second-order valence-electron chi connectivity index (χ2n) is 8.00. The minimum absolute atomic E-state index is 0. The van der Waals surface area contributed by atoms with Gasteiger partial charge in [0.05, 0.1) is 46.4 Å². The Morgan fingerprint density at radius 2 is 1.43 bits per heavy atom. The highest BCUT2D eigenvalue weighted by molar-refractivity contribution is 5.49. The van der Waals surface area contributed by atoms with Crippen molar-refractivity contribution >= 4 is 5.69 Å². The van der Waals surface area contributed by atoms with E-state index in [-0.39, 0.29) is 12.4 Å². The van der Waals surface area contributed by atoms with Crippen LogP contribution in [0.25, 0.3) is 0 Å². The second kappa shape index (κ2) is 9.64. The quantitative estimate of drug-likeness (QED) is 0.650. The molecule has 4 nitrogen and oxygen atoms in total. The number of nitrogens with zero attached hydrogens (tertiary/aromatic N) is 3. The van der Waals surface area contributed by atoms with Gasteiger partial charge in [-0.15, -0.1) is 0 Å².